The monoisotopic (exact) mass is 432 g/mol. The second-order valence-corrected chi connectivity index (χ2v) is 8.99. The van der Waals surface area contributed by atoms with Crippen LogP contribution in [-0.2, 0) is 30.9 Å². The molecule has 0 unspecified atom stereocenters. The van der Waals surface area contributed by atoms with Crippen molar-refractivity contribution < 1.29 is 22.7 Å². The largest absolute Gasteiger partial charge is 0.452 e. The third-order valence-electron chi connectivity index (χ3n) is 4.68. The maximum absolute atomic E-state index is 12.3. The van der Waals surface area contributed by atoms with Crippen LogP contribution < -0.4 is 4.90 Å². The van der Waals surface area contributed by atoms with Crippen molar-refractivity contribution in [2.75, 3.05) is 44.9 Å². The molecule has 1 amide bonds. The minimum Gasteiger partial charge on any atom is -0.452 e. The lowest BCUT2D eigenvalue weighted by Gasteiger charge is -2.26. The van der Waals surface area contributed by atoms with Crippen molar-refractivity contribution in [2.24, 2.45) is 4.40 Å². The van der Waals surface area contributed by atoms with Gasteiger partial charge in [-0.25, -0.2) is 13.2 Å². The highest BCUT2D eigenvalue weighted by atomic mass is 32.2. The molecule has 30 heavy (non-hydrogen) atoms. The van der Waals surface area contributed by atoms with E-state index in [4.69, 9.17) is 4.74 Å². The van der Waals surface area contributed by atoms with Gasteiger partial charge in [0.25, 0.3) is 15.9 Å². The van der Waals surface area contributed by atoms with Crippen LogP contribution in [0.15, 0.2) is 52.6 Å². The highest BCUT2D eigenvalue weighted by molar-refractivity contribution is 7.90. The van der Waals surface area contributed by atoms with Crippen LogP contribution in [0.5, 0.6) is 0 Å². The highest BCUT2D eigenvalue weighted by Crippen LogP contribution is 2.17. The van der Waals surface area contributed by atoms with Crippen molar-refractivity contribution in [3.05, 3.63) is 53.8 Å². The topological polar surface area (TPSA) is 99.6 Å². The Kier molecular flexibility index (Phi) is 6.25. The Morgan fingerprint density at radius 3 is 2.50 bits per heavy atom. The molecule has 1 aromatic rings. The van der Waals surface area contributed by atoms with E-state index in [9.17, 15) is 18.0 Å². The minimum atomic E-state index is -3.46. The van der Waals surface area contributed by atoms with E-state index < -0.39 is 16.0 Å². The van der Waals surface area contributed by atoms with Crippen LogP contribution in [0.25, 0.3) is 0 Å². The molecule has 0 radical (unpaired) electrons. The average molecular weight is 433 g/mol. The van der Waals surface area contributed by atoms with Gasteiger partial charge < -0.3 is 19.4 Å². The first kappa shape index (κ1) is 21.6. The molecular weight excluding hydrogens is 408 g/mol. The highest BCUT2D eigenvalue weighted by Gasteiger charge is 2.25. The number of nitrogens with zero attached hydrogens (tertiary/aromatic N) is 4. The third kappa shape index (κ3) is 5.26. The maximum Gasteiger partial charge on any atom is 0.340 e. The number of hydrogen-bond donors (Lipinski definition) is 0. The van der Waals surface area contributed by atoms with Gasteiger partial charge in [-0.1, -0.05) is 12.1 Å². The summed E-state index contributed by atoms with van der Waals surface area (Å²) in [5.41, 5.74) is 2.26. The maximum atomic E-state index is 12.3. The number of anilines is 1. The Bertz CT molecular complexity index is 1030. The molecule has 0 bridgehead atoms. The molecule has 0 saturated carbocycles. The van der Waals surface area contributed by atoms with E-state index in [-0.39, 0.29) is 36.2 Å². The number of rotatable bonds is 6. The SMILES string of the molecule is CN(Cc1ccc(N(C)C)cc1)C(=O)COC(=O)C1=CN2CCS(=O)(=O)N=C2C=C1. The van der Waals surface area contributed by atoms with Gasteiger partial charge in [0.05, 0.1) is 11.3 Å². The van der Waals surface area contributed by atoms with Crippen LogP contribution >= 0.6 is 0 Å². The molecule has 0 aliphatic carbocycles. The van der Waals surface area contributed by atoms with E-state index in [0.717, 1.165) is 11.3 Å². The van der Waals surface area contributed by atoms with Gasteiger partial charge in [-0.2, -0.15) is 0 Å². The van der Waals surface area contributed by atoms with Crippen molar-refractivity contribution in [2.45, 2.75) is 6.54 Å². The van der Waals surface area contributed by atoms with Gasteiger partial charge in [0.1, 0.15) is 5.84 Å². The molecule has 2 heterocycles. The Labute approximate surface area is 176 Å². The number of amides is 1. The first-order valence-corrected chi connectivity index (χ1v) is 10.9. The molecule has 0 spiro atoms. The molecular formula is C20H24N4O5S. The Hall–Kier alpha value is -3.14. The summed E-state index contributed by atoms with van der Waals surface area (Å²) < 4.78 is 31.9. The summed E-state index contributed by atoms with van der Waals surface area (Å²) in [5, 5.41) is 0. The first-order valence-electron chi connectivity index (χ1n) is 9.31. The predicted molar refractivity (Wildman–Crippen MR) is 113 cm³/mol. The zero-order valence-electron chi connectivity index (χ0n) is 17.1. The van der Waals surface area contributed by atoms with Gasteiger partial charge >= 0.3 is 5.97 Å². The van der Waals surface area contributed by atoms with E-state index in [1.165, 1.54) is 23.3 Å². The normalized spacial score (nSPS) is 16.8. The van der Waals surface area contributed by atoms with Gasteiger partial charge in [0, 0.05) is 46.1 Å². The fourth-order valence-corrected chi connectivity index (χ4v) is 3.87. The van der Waals surface area contributed by atoms with Crippen LogP contribution in [-0.4, -0.2) is 76.0 Å². The van der Waals surface area contributed by atoms with Crippen LogP contribution in [0, 0.1) is 0 Å². The average Bonchev–Trinajstić information content (AvgIpc) is 2.71. The molecule has 3 rings (SSSR count). The molecule has 2 aliphatic heterocycles. The lowest BCUT2D eigenvalue weighted by Crippen LogP contribution is -2.37. The summed E-state index contributed by atoms with van der Waals surface area (Å²) in [6.45, 7) is 0.219. The number of fused-ring (bicyclic) bond motifs is 1. The number of amidine groups is 1. The van der Waals surface area contributed by atoms with Crippen molar-refractivity contribution in [1.29, 1.82) is 0 Å². The molecule has 160 valence electrons. The second kappa shape index (κ2) is 8.70. The summed E-state index contributed by atoms with van der Waals surface area (Å²) in [7, 11) is 2.10. The van der Waals surface area contributed by atoms with E-state index >= 15 is 0 Å². The Balaban J connectivity index is 1.52. The Morgan fingerprint density at radius 2 is 1.83 bits per heavy atom. The van der Waals surface area contributed by atoms with Crippen LogP contribution in [0.4, 0.5) is 5.69 Å². The molecule has 0 saturated heterocycles. The Morgan fingerprint density at radius 1 is 1.13 bits per heavy atom. The second-order valence-electron chi connectivity index (χ2n) is 7.23. The molecule has 0 N–H and O–H groups in total. The minimum absolute atomic E-state index is 0.123. The number of carbonyl (C=O) groups excluding carboxylic acids is 2. The molecule has 9 nitrogen and oxygen atoms in total. The number of benzene rings is 1. The molecule has 0 aromatic heterocycles. The zero-order valence-corrected chi connectivity index (χ0v) is 17.9. The van der Waals surface area contributed by atoms with Gasteiger partial charge in [0.15, 0.2) is 6.61 Å². The number of ether oxygens (including phenoxy) is 1. The quantitative estimate of drug-likeness (QED) is 0.612. The van der Waals surface area contributed by atoms with E-state index in [1.54, 1.807) is 11.9 Å². The standard InChI is InChI=1S/C20H24N4O5S/c1-22(2)17-7-4-15(5-8-17)12-23(3)19(25)14-29-20(26)16-6-9-18-21-30(27,28)11-10-24(18)13-16/h4-9,13H,10-12,14H2,1-3H3. The van der Waals surface area contributed by atoms with Gasteiger partial charge in [-0.3, -0.25) is 4.79 Å². The molecule has 10 heteroatoms. The van der Waals surface area contributed by atoms with Crippen LogP contribution in [0.2, 0.25) is 0 Å². The summed E-state index contributed by atoms with van der Waals surface area (Å²) in [5.74, 6) is -0.849. The molecule has 1 aromatic carbocycles. The van der Waals surface area contributed by atoms with Crippen LogP contribution in [0.3, 0.4) is 0 Å². The van der Waals surface area contributed by atoms with Crippen molar-refractivity contribution in [3.63, 3.8) is 0 Å². The number of likely N-dealkylation sites (N-methyl/N-ethyl adjacent to an activating group) is 1. The summed E-state index contributed by atoms with van der Waals surface area (Å²) in [6, 6.07) is 7.83. The fourth-order valence-electron chi connectivity index (χ4n) is 2.90. The molecule has 0 fully saturated rings. The zero-order chi connectivity index (χ0) is 21.9. The first-order chi connectivity index (χ1) is 14.1. The van der Waals surface area contributed by atoms with Gasteiger partial charge in [-0.15, -0.1) is 4.40 Å². The number of esters is 1. The number of sulfonamides is 1. The van der Waals surface area contributed by atoms with E-state index in [0.29, 0.717) is 6.54 Å². The van der Waals surface area contributed by atoms with E-state index in [1.807, 2.05) is 43.3 Å². The van der Waals surface area contributed by atoms with E-state index in [2.05, 4.69) is 4.40 Å². The summed E-state index contributed by atoms with van der Waals surface area (Å²) in [6.07, 6.45) is 4.36. The van der Waals surface area contributed by atoms with Crippen molar-refractivity contribution in [3.8, 4) is 0 Å². The predicted octanol–water partition coefficient (Wildman–Crippen LogP) is 0.752. The van der Waals surface area contributed by atoms with Crippen molar-refractivity contribution >= 4 is 33.4 Å². The lowest BCUT2D eigenvalue weighted by molar-refractivity contribution is -0.148. The number of hydrogen-bond acceptors (Lipinski definition) is 7. The smallest absolute Gasteiger partial charge is 0.340 e. The molecule has 0 atom stereocenters. The number of carbonyl (C=O) groups is 2. The lowest BCUT2D eigenvalue weighted by atomic mass is 10.2. The molecule has 2 aliphatic rings. The van der Waals surface area contributed by atoms with Crippen molar-refractivity contribution in [1.82, 2.24) is 9.80 Å². The van der Waals surface area contributed by atoms with Crippen LogP contribution in [0.1, 0.15) is 5.56 Å². The fraction of sp³-hybridized carbons (Fsp3) is 0.350. The van der Waals surface area contributed by atoms with Gasteiger partial charge in [-0.05, 0) is 29.8 Å². The summed E-state index contributed by atoms with van der Waals surface area (Å²) in [4.78, 5) is 29.7. The third-order valence-corrected chi connectivity index (χ3v) is 5.85. The summed E-state index contributed by atoms with van der Waals surface area (Å²) >= 11 is 0. The van der Waals surface area contributed by atoms with Gasteiger partial charge in [0.2, 0.25) is 0 Å².